The van der Waals surface area contributed by atoms with Crippen molar-refractivity contribution in [2.24, 2.45) is 0 Å². The largest absolute Gasteiger partial charge is 0.467 e. The van der Waals surface area contributed by atoms with Crippen LogP contribution in [0.1, 0.15) is 27.4 Å². The summed E-state index contributed by atoms with van der Waals surface area (Å²) in [6.45, 7) is 4.36. The molecular formula is C23H22N4O3. The Kier molecular flexibility index (Phi) is 5.26. The minimum Gasteiger partial charge on any atom is -0.467 e. The van der Waals surface area contributed by atoms with Crippen LogP contribution in [0.3, 0.4) is 0 Å². The van der Waals surface area contributed by atoms with E-state index in [0.717, 1.165) is 22.0 Å². The fourth-order valence-corrected chi connectivity index (χ4v) is 3.31. The maximum atomic E-state index is 12.6. The number of urea groups is 1. The van der Waals surface area contributed by atoms with E-state index in [-0.39, 0.29) is 11.9 Å². The van der Waals surface area contributed by atoms with E-state index in [1.165, 1.54) is 0 Å². The van der Waals surface area contributed by atoms with E-state index >= 15 is 0 Å². The van der Waals surface area contributed by atoms with Crippen molar-refractivity contribution in [3.8, 4) is 0 Å². The lowest BCUT2D eigenvalue weighted by molar-refractivity contribution is 0.102. The first-order valence-electron chi connectivity index (χ1n) is 9.56. The second-order valence-corrected chi connectivity index (χ2v) is 7.14. The molecule has 0 bridgehead atoms. The van der Waals surface area contributed by atoms with Crippen LogP contribution in [0.2, 0.25) is 0 Å². The van der Waals surface area contributed by atoms with Crippen molar-refractivity contribution in [3.05, 3.63) is 83.4 Å². The zero-order valence-corrected chi connectivity index (χ0v) is 16.7. The Balaban J connectivity index is 1.36. The van der Waals surface area contributed by atoms with Gasteiger partial charge in [0, 0.05) is 22.3 Å². The van der Waals surface area contributed by atoms with Crippen molar-refractivity contribution in [1.29, 1.82) is 0 Å². The molecule has 2 aromatic carbocycles. The fraction of sp³-hybridized carbons (Fsp3) is 0.130. The van der Waals surface area contributed by atoms with E-state index in [4.69, 9.17) is 4.42 Å². The first kappa shape index (κ1) is 19.3. The molecule has 4 N–H and O–H groups in total. The standard InChI is InChI=1S/C23H22N4O3/c1-14-10-15(2)19-12-21(27-20(19)11-14)22(28)25-16-5-7-17(8-6-16)26-23(29)24-13-18-4-3-9-30-18/h3-12,27H,13H2,1-2H3,(H,25,28)(H2,24,26,29). The summed E-state index contributed by atoms with van der Waals surface area (Å²) in [5, 5.41) is 9.34. The number of rotatable bonds is 5. The lowest BCUT2D eigenvalue weighted by Gasteiger charge is -2.08. The molecule has 152 valence electrons. The minimum absolute atomic E-state index is 0.222. The van der Waals surface area contributed by atoms with Crippen LogP contribution >= 0.6 is 0 Å². The molecule has 0 radical (unpaired) electrons. The molecule has 30 heavy (non-hydrogen) atoms. The molecule has 2 aromatic heterocycles. The summed E-state index contributed by atoms with van der Waals surface area (Å²) < 4.78 is 5.17. The van der Waals surface area contributed by atoms with Crippen molar-refractivity contribution >= 4 is 34.2 Å². The molecule has 0 fully saturated rings. The molecular weight excluding hydrogens is 380 g/mol. The summed E-state index contributed by atoms with van der Waals surface area (Å²) >= 11 is 0. The highest BCUT2D eigenvalue weighted by Gasteiger charge is 2.12. The highest BCUT2D eigenvalue weighted by atomic mass is 16.3. The molecule has 7 nitrogen and oxygen atoms in total. The molecule has 2 heterocycles. The number of aromatic amines is 1. The van der Waals surface area contributed by atoms with Gasteiger partial charge in [0.1, 0.15) is 11.5 Å². The van der Waals surface area contributed by atoms with Gasteiger partial charge in [-0.1, -0.05) is 6.07 Å². The Morgan fingerprint density at radius 2 is 1.70 bits per heavy atom. The third-order valence-electron chi connectivity index (χ3n) is 4.74. The number of carbonyl (C=O) groups excluding carboxylic acids is 2. The molecule has 0 aliphatic carbocycles. The molecule has 7 heteroatoms. The first-order valence-corrected chi connectivity index (χ1v) is 9.56. The quantitative estimate of drug-likeness (QED) is 0.380. The van der Waals surface area contributed by atoms with Gasteiger partial charge in [0.25, 0.3) is 5.91 Å². The maximum Gasteiger partial charge on any atom is 0.319 e. The Labute approximate surface area is 173 Å². The predicted molar refractivity (Wildman–Crippen MR) is 117 cm³/mol. The van der Waals surface area contributed by atoms with Gasteiger partial charge in [0.2, 0.25) is 0 Å². The second-order valence-electron chi connectivity index (χ2n) is 7.14. The summed E-state index contributed by atoms with van der Waals surface area (Å²) in [5.74, 6) is 0.450. The molecule has 0 atom stereocenters. The molecule has 0 spiro atoms. The third kappa shape index (κ3) is 4.35. The van der Waals surface area contributed by atoms with E-state index < -0.39 is 0 Å². The van der Waals surface area contributed by atoms with Crippen LogP contribution in [0.25, 0.3) is 10.9 Å². The Bertz CT molecular complexity index is 1190. The number of fused-ring (bicyclic) bond motifs is 1. The van der Waals surface area contributed by atoms with Gasteiger partial charge in [0.15, 0.2) is 0 Å². The van der Waals surface area contributed by atoms with Gasteiger partial charge >= 0.3 is 6.03 Å². The van der Waals surface area contributed by atoms with Crippen LogP contribution in [-0.2, 0) is 6.54 Å². The SMILES string of the molecule is Cc1cc(C)c2cc(C(=O)Nc3ccc(NC(=O)NCc4ccco4)cc3)[nH]c2c1. The number of hydrogen-bond acceptors (Lipinski definition) is 3. The van der Waals surface area contributed by atoms with Crippen molar-refractivity contribution in [1.82, 2.24) is 10.3 Å². The van der Waals surface area contributed by atoms with Crippen LogP contribution in [0, 0.1) is 13.8 Å². The minimum atomic E-state index is -0.341. The van der Waals surface area contributed by atoms with Gasteiger partial charge in [-0.25, -0.2) is 4.79 Å². The first-order chi connectivity index (χ1) is 14.5. The fourth-order valence-electron chi connectivity index (χ4n) is 3.31. The van der Waals surface area contributed by atoms with Gasteiger partial charge in [-0.05, 0) is 73.5 Å². The third-order valence-corrected chi connectivity index (χ3v) is 4.74. The smallest absolute Gasteiger partial charge is 0.319 e. The van der Waals surface area contributed by atoms with Gasteiger partial charge in [-0.2, -0.15) is 0 Å². The lowest BCUT2D eigenvalue weighted by Crippen LogP contribution is -2.27. The van der Waals surface area contributed by atoms with Crippen LogP contribution < -0.4 is 16.0 Å². The monoisotopic (exact) mass is 402 g/mol. The highest BCUT2D eigenvalue weighted by Crippen LogP contribution is 2.22. The number of furan rings is 1. The summed E-state index contributed by atoms with van der Waals surface area (Å²) in [6, 6.07) is 16.1. The van der Waals surface area contributed by atoms with Crippen molar-refractivity contribution in [2.75, 3.05) is 10.6 Å². The molecule has 0 aliphatic heterocycles. The molecule has 0 saturated heterocycles. The van der Waals surface area contributed by atoms with E-state index in [1.807, 2.05) is 26.0 Å². The van der Waals surface area contributed by atoms with E-state index in [2.05, 4.69) is 27.0 Å². The number of benzene rings is 2. The van der Waals surface area contributed by atoms with Crippen LogP contribution in [-0.4, -0.2) is 16.9 Å². The van der Waals surface area contributed by atoms with Crippen LogP contribution in [0.4, 0.5) is 16.2 Å². The zero-order valence-electron chi connectivity index (χ0n) is 16.7. The van der Waals surface area contributed by atoms with Gasteiger partial charge < -0.3 is 25.4 Å². The Morgan fingerprint density at radius 3 is 2.40 bits per heavy atom. The number of carbonyl (C=O) groups is 2. The van der Waals surface area contributed by atoms with Crippen molar-refractivity contribution < 1.29 is 14.0 Å². The van der Waals surface area contributed by atoms with Gasteiger partial charge in [-0.3, -0.25) is 4.79 Å². The lowest BCUT2D eigenvalue weighted by atomic mass is 10.1. The Morgan fingerprint density at radius 1 is 0.967 bits per heavy atom. The summed E-state index contributed by atoms with van der Waals surface area (Å²) in [6.07, 6.45) is 1.56. The van der Waals surface area contributed by atoms with Crippen molar-refractivity contribution in [2.45, 2.75) is 20.4 Å². The molecule has 3 amide bonds. The number of aryl methyl sites for hydroxylation is 2. The number of anilines is 2. The average molecular weight is 402 g/mol. The number of amides is 3. The molecule has 0 unspecified atom stereocenters. The summed E-state index contributed by atoms with van der Waals surface area (Å²) in [4.78, 5) is 27.7. The molecule has 4 rings (SSSR count). The normalized spacial score (nSPS) is 10.7. The number of H-pyrrole nitrogens is 1. The second kappa shape index (κ2) is 8.16. The predicted octanol–water partition coefficient (Wildman–Crippen LogP) is 4.95. The summed E-state index contributed by atoms with van der Waals surface area (Å²) in [5.41, 5.74) is 4.96. The molecule has 0 aliphatic rings. The summed E-state index contributed by atoms with van der Waals surface area (Å²) in [7, 11) is 0. The van der Waals surface area contributed by atoms with E-state index in [1.54, 1.807) is 42.7 Å². The number of hydrogen-bond donors (Lipinski definition) is 4. The molecule has 0 saturated carbocycles. The van der Waals surface area contributed by atoms with Crippen LogP contribution in [0.15, 0.2) is 65.3 Å². The average Bonchev–Trinajstić information content (AvgIpc) is 3.37. The van der Waals surface area contributed by atoms with Gasteiger partial charge in [0.05, 0.1) is 12.8 Å². The van der Waals surface area contributed by atoms with Crippen LogP contribution in [0.5, 0.6) is 0 Å². The molecule has 4 aromatic rings. The maximum absolute atomic E-state index is 12.6. The van der Waals surface area contributed by atoms with Crippen molar-refractivity contribution in [3.63, 3.8) is 0 Å². The Hall–Kier alpha value is -4.00. The highest BCUT2D eigenvalue weighted by molar-refractivity contribution is 6.06. The van der Waals surface area contributed by atoms with Gasteiger partial charge in [-0.15, -0.1) is 0 Å². The zero-order chi connectivity index (χ0) is 21.1. The number of aromatic nitrogens is 1. The topological polar surface area (TPSA) is 99.2 Å². The van der Waals surface area contributed by atoms with E-state index in [9.17, 15) is 9.59 Å². The van der Waals surface area contributed by atoms with E-state index in [0.29, 0.717) is 29.4 Å². The number of nitrogens with one attached hydrogen (secondary N) is 4.